The monoisotopic (exact) mass is 359 g/mol. The first-order valence-corrected chi connectivity index (χ1v) is 8.68. The molecule has 0 saturated heterocycles. The number of benzene rings is 1. The number of aromatic amines is 1. The molecule has 0 radical (unpaired) electrons. The maximum Gasteiger partial charge on any atom is 0.352 e. The molecule has 1 N–H and O–H groups in total. The van der Waals surface area contributed by atoms with Crippen molar-refractivity contribution in [3.05, 3.63) is 63.5 Å². The summed E-state index contributed by atoms with van der Waals surface area (Å²) in [6.07, 6.45) is 1.72. The van der Waals surface area contributed by atoms with E-state index in [2.05, 4.69) is 11.7 Å². The molecule has 0 aliphatic heterocycles. The summed E-state index contributed by atoms with van der Waals surface area (Å²) in [5.41, 5.74) is 0.0128. The van der Waals surface area contributed by atoms with Gasteiger partial charge in [0.05, 0.1) is 5.69 Å². The Morgan fingerprint density at radius 3 is 2.42 bits per heavy atom. The van der Waals surface area contributed by atoms with Gasteiger partial charge in [-0.3, -0.25) is 4.79 Å². The lowest BCUT2D eigenvalue weighted by Crippen LogP contribution is -2.37. The van der Waals surface area contributed by atoms with E-state index in [1.165, 1.54) is 11.6 Å². The highest BCUT2D eigenvalue weighted by atomic mass is 16.5. The molecule has 2 aromatic rings. The van der Waals surface area contributed by atoms with Crippen molar-refractivity contribution in [1.82, 2.24) is 14.3 Å². The number of aromatic nitrogens is 3. The number of nitrogens with zero attached hydrogens (tertiary/aromatic N) is 2. The molecule has 2 atom stereocenters. The lowest BCUT2D eigenvalue weighted by molar-refractivity contribution is -0.148. The molecule has 0 unspecified atom stereocenters. The van der Waals surface area contributed by atoms with Gasteiger partial charge in [0.2, 0.25) is 0 Å². The van der Waals surface area contributed by atoms with Crippen LogP contribution in [-0.4, -0.2) is 26.4 Å². The van der Waals surface area contributed by atoms with E-state index in [1.54, 1.807) is 37.3 Å². The number of ether oxygens (including phenoxy) is 1. The minimum atomic E-state index is -0.643. The molecule has 0 aliphatic rings. The van der Waals surface area contributed by atoms with Crippen molar-refractivity contribution < 1.29 is 9.53 Å². The molecule has 0 aliphatic carbocycles. The van der Waals surface area contributed by atoms with Gasteiger partial charge in [0.15, 0.2) is 0 Å². The van der Waals surface area contributed by atoms with Crippen molar-refractivity contribution in [3.8, 4) is 5.69 Å². The minimum Gasteiger partial charge on any atom is -0.460 e. The topological polar surface area (TPSA) is 86.1 Å². The van der Waals surface area contributed by atoms with Gasteiger partial charge >= 0.3 is 17.3 Å². The second-order valence-electron chi connectivity index (χ2n) is 6.32. The lowest BCUT2D eigenvalue weighted by atomic mass is 9.99. The third kappa shape index (κ3) is 4.22. The van der Waals surface area contributed by atoms with E-state index < -0.39 is 29.5 Å². The van der Waals surface area contributed by atoms with Gasteiger partial charge in [-0.15, -0.1) is 0 Å². The summed E-state index contributed by atoms with van der Waals surface area (Å²) in [6.45, 7) is 9.04. The van der Waals surface area contributed by atoms with Crippen LogP contribution in [0.5, 0.6) is 0 Å². The lowest BCUT2D eigenvalue weighted by Gasteiger charge is -2.27. The van der Waals surface area contributed by atoms with E-state index in [4.69, 9.17) is 4.74 Å². The quantitative estimate of drug-likeness (QED) is 0.580. The summed E-state index contributed by atoms with van der Waals surface area (Å²) in [5, 5.41) is 2.58. The van der Waals surface area contributed by atoms with Crippen LogP contribution in [0.1, 0.15) is 46.1 Å². The Hall–Kier alpha value is -2.83. The fourth-order valence-corrected chi connectivity index (χ4v) is 2.99. The Morgan fingerprint density at radius 2 is 1.88 bits per heavy atom. The number of esters is 1. The fraction of sp³-hybridized carbons (Fsp3) is 0.421. The summed E-state index contributed by atoms with van der Waals surface area (Å²) < 4.78 is 7.71. The number of unbranched alkanes of at least 4 members (excludes halogenated alkanes) is 1. The molecule has 1 aromatic heterocycles. The van der Waals surface area contributed by atoms with Crippen LogP contribution in [-0.2, 0) is 9.53 Å². The highest BCUT2D eigenvalue weighted by molar-refractivity contribution is 5.66. The molecular weight excluding hydrogens is 334 g/mol. The molecule has 2 rings (SSSR count). The van der Waals surface area contributed by atoms with Crippen LogP contribution in [0.3, 0.4) is 0 Å². The van der Waals surface area contributed by atoms with Gasteiger partial charge in [0.25, 0.3) is 0 Å². The number of nitrogens with one attached hydrogen (secondary N) is 1. The van der Waals surface area contributed by atoms with Crippen molar-refractivity contribution >= 4 is 5.97 Å². The first-order chi connectivity index (χ1) is 12.4. The van der Waals surface area contributed by atoms with E-state index in [0.717, 1.165) is 17.4 Å². The molecule has 0 saturated carbocycles. The number of rotatable bonds is 8. The van der Waals surface area contributed by atoms with Crippen molar-refractivity contribution in [2.24, 2.45) is 0 Å². The molecular formula is C19H25N3O4. The summed E-state index contributed by atoms with van der Waals surface area (Å²) in [5.74, 6) is -0.435. The van der Waals surface area contributed by atoms with Gasteiger partial charge in [-0.05, 0) is 31.9 Å². The van der Waals surface area contributed by atoms with E-state index in [-0.39, 0.29) is 0 Å². The second kappa shape index (κ2) is 8.51. The Bertz CT molecular complexity index is 876. The van der Waals surface area contributed by atoms with Gasteiger partial charge < -0.3 is 4.74 Å². The largest absolute Gasteiger partial charge is 0.460 e. The highest BCUT2D eigenvalue weighted by Gasteiger charge is 2.29. The van der Waals surface area contributed by atoms with Crippen LogP contribution >= 0.6 is 0 Å². The van der Waals surface area contributed by atoms with Gasteiger partial charge in [-0.2, -0.15) is 0 Å². The van der Waals surface area contributed by atoms with Crippen molar-refractivity contribution in [2.75, 3.05) is 0 Å². The van der Waals surface area contributed by atoms with Gasteiger partial charge in [-0.25, -0.2) is 23.9 Å². The van der Waals surface area contributed by atoms with E-state index in [1.807, 2.05) is 6.92 Å². The van der Waals surface area contributed by atoms with Crippen LogP contribution in [0, 0.1) is 0 Å². The zero-order valence-electron chi connectivity index (χ0n) is 15.4. The average molecular weight is 359 g/mol. The molecule has 7 nitrogen and oxygen atoms in total. The molecule has 0 spiro atoms. The number of hydrogen-bond donors (Lipinski definition) is 1. The van der Waals surface area contributed by atoms with Crippen LogP contribution < -0.4 is 11.4 Å². The third-order valence-electron chi connectivity index (χ3n) is 4.13. The van der Waals surface area contributed by atoms with Crippen LogP contribution in [0.2, 0.25) is 0 Å². The Balaban J connectivity index is 2.54. The zero-order valence-corrected chi connectivity index (χ0v) is 15.4. The fourth-order valence-electron chi connectivity index (χ4n) is 2.99. The first-order valence-electron chi connectivity index (χ1n) is 8.68. The number of H-pyrrole nitrogens is 1. The molecule has 0 fully saturated rings. The smallest absolute Gasteiger partial charge is 0.352 e. The van der Waals surface area contributed by atoms with E-state index in [0.29, 0.717) is 17.7 Å². The van der Waals surface area contributed by atoms with Gasteiger partial charge in [0, 0.05) is 6.92 Å². The van der Waals surface area contributed by atoms with E-state index >= 15 is 0 Å². The molecule has 140 valence electrons. The Kier molecular flexibility index (Phi) is 6.38. The predicted octanol–water partition coefficient (Wildman–Crippen LogP) is 2.57. The van der Waals surface area contributed by atoms with E-state index in [9.17, 15) is 14.4 Å². The normalized spacial score (nSPS) is 13.2. The SMILES string of the molecule is C=C(C)[C@@H]([C@H](CCCC)OC(C)=O)n1[nH]c(=O)n(-c2ccccc2)c1=O. The minimum absolute atomic E-state index is 0.435. The second-order valence-corrected chi connectivity index (χ2v) is 6.32. The van der Waals surface area contributed by atoms with Gasteiger partial charge in [-0.1, -0.05) is 43.7 Å². The third-order valence-corrected chi connectivity index (χ3v) is 4.13. The molecule has 0 amide bonds. The summed E-state index contributed by atoms with van der Waals surface area (Å²) in [7, 11) is 0. The van der Waals surface area contributed by atoms with Crippen LogP contribution in [0.4, 0.5) is 0 Å². The Morgan fingerprint density at radius 1 is 1.23 bits per heavy atom. The number of carbonyl (C=O) groups excluding carboxylic acids is 1. The summed E-state index contributed by atoms with van der Waals surface area (Å²) >= 11 is 0. The molecule has 0 bridgehead atoms. The molecule has 1 heterocycles. The maximum absolute atomic E-state index is 12.9. The highest BCUT2D eigenvalue weighted by Crippen LogP contribution is 2.24. The van der Waals surface area contributed by atoms with Crippen LogP contribution in [0.25, 0.3) is 5.69 Å². The number of para-hydroxylation sites is 1. The number of hydrogen-bond acceptors (Lipinski definition) is 4. The molecule has 7 heteroatoms. The molecule has 1 aromatic carbocycles. The zero-order chi connectivity index (χ0) is 19.3. The average Bonchev–Trinajstić information content (AvgIpc) is 2.87. The standard InChI is InChI=1S/C19H25N3O4/c1-5-6-12-16(26-14(4)23)17(13(2)3)22-19(25)21(18(24)20-22)15-10-8-7-9-11-15/h7-11,16-17H,2,5-6,12H2,1,3-4H3,(H,20,24)/t16-,17-/m0/s1. The molecule has 26 heavy (non-hydrogen) atoms. The van der Waals surface area contributed by atoms with Crippen LogP contribution in [0.15, 0.2) is 52.1 Å². The maximum atomic E-state index is 12.9. The van der Waals surface area contributed by atoms with Gasteiger partial charge in [0.1, 0.15) is 12.1 Å². The van der Waals surface area contributed by atoms with Crippen molar-refractivity contribution in [3.63, 3.8) is 0 Å². The van der Waals surface area contributed by atoms with Crippen molar-refractivity contribution in [1.29, 1.82) is 0 Å². The number of carbonyl (C=O) groups is 1. The van der Waals surface area contributed by atoms with Crippen molar-refractivity contribution in [2.45, 2.75) is 52.2 Å². The Labute approximate surface area is 151 Å². The summed E-state index contributed by atoms with van der Waals surface area (Å²) in [6, 6.07) is 8.01. The predicted molar refractivity (Wildman–Crippen MR) is 99.6 cm³/mol. The first kappa shape index (κ1) is 19.5. The summed E-state index contributed by atoms with van der Waals surface area (Å²) in [4.78, 5) is 36.8.